The number of benzene rings is 2. The Hall–Kier alpha value is -3.16. The maximum Gasteiger partial charge on any atom is 0.338 e. The molecule has 0 aliphatic carbocycles. The second kappa shape index (κ2) is 8.53. The molecule has 0 saturated carbocycles. The number of hydrogen-bond acceptors (Lipinski definition) is 6. The molecule has 0 fully saturated rings. The molecule has 0 atom stereocenters. The number of ether oxygens (including phenoxy) is 1. The fourth-order valence-corrected chi connectivity index (χ4v) is 3.47. The van der Waals surface area contributed by atoms with Crippen LogP contribution in [-0.2, 0) is 4.74 Å². The fourth-order valence-electron chi connectivity index (χ4n) is 3.16. The highest BCUT2D eigenvalue weighted by molar-refractivity contribution is 6.42. The second-order valence-electron chi connectivity index (χ2n) is 6.91. The van der Waals surface area contributed by atoms with Crippen LogP contribution in [0.4, 0.5) is 11.5 Å². The topological polar surface area (TPSA) is 81.9 Å². The quantitative estimate of drug-likeness (QED) is 0.391. The number of rotatable bonds is 5. The molecule has 0 radical (unpaired) electrons. The van der Waals surface area contributed by atoms with Gasteiger partial charge >= 0.3 is 5.97 Å². The van der Waals surface area contributed by atoms with E-state index in [4.69, 9.17) is 37.9 Å². The van der Waals surface area contributed by atoms with E-state index in [1.165, 1.54) is 0 Å². The lowest BCUT2D eigenvalue weighted by molar-refractivity contribution is 0.0526. The number of esters is 1. The van der Waals surface area contributed by atoms with E-state index in [2.05, 4.69) is 10.4 Å². The van der Waals surface area contributed by atoms with E-state index in [-0.39, 0.29) is 5.97 Å². The van der Waals surface area contributed by atoms with E-state index < -0.39 is 0 Å². The van der Waals surface area contributed by atoms with Crippen molar-refractivity contribution in [2.75, 3.05) is 11.9 Å². The highest BCUT2D eigenvalue weighted by Gasteiger charge is 2.16. The van der Waals surface area contributed by atoms with Gasteiger partial charge in [0, 0.05) is 11.4 Å². The molecule has 9 heteroatoms. The van der Waals surface area contributed by atoms with Crippen LogP contribution in [0.2, 0.25) is 10.0 Å². The van der Waals surface area contributed by atoms with Gasteiger partial charge in [-0.1, -0.05) is 23.2 Å². The molecule has 0 amide bonds. The molecular weight excluding hydrogens is 437 g/mol. The SMILES string of the molecule is CCOC(=O)c1ccc(Nc2nc3cc(Cl)c(Cl)cc3nc2-n2nc(C)cc2C)cc1. The summed E-state index contributed by atoms with van der Waals surface area (Å²) in [6.07, 6.45) is 0. The molecule has 0 aliphatic heterocycles. The van der Waals surface area contributed by atoms with Gasteiger partial charge in [0.2, 0.25) is 0 Å². The van der Waals surface area contributed by atoms with Crippen molar-refractivity contribution in [3.63, 3.8) is 0 Å². The lowest BCUT2D eigenvalue weighted by Crippen LogP contribution is -2.09. The molecule has 0 aliphatic rings. The number of halogens is 2. The predicted molar refractivity (Wildman–Crippen MR) is 122 cm³/mol. The molecule has 0 spiro atoms. The Morgan fingerprint density at radius 1 is 1.03 bits per heavy atom. The lowest BCUT2D eigenvalue weighted by Gasteiger charge is -2.14. The maximum absolute atomic E-state index is 11.9. The van der Waals surface area contributed by atoms with Crippen molar-refractivity contribution >= 4 is 51.7 Å². The van der Waals surface area contributed by atoms with Crippen LogP contribution in [0.1, 0.15) is 28.7 Å². The summed E-state index contributed by atoms with van der Waals surface area (Å²) in [6, 6.07) is 12.2. The molecule has 158 valence electrons. The Labute approximate surface area is 189 Å². The van der Waals surface area contributed by atoms with E-state index in [0.717, 1.165) is 17.1 Å². The first-order valence-electron chi connectivity index (χ1n) is 9.60. The summed E-state index contributed by atoms with van der Waals surface area (Å²) in [5.74, 6) is 0.640. The third-order valence-corrected chi connectivity index (χ3v) is 5.28. The van der Waals surface area contributed by atoms with E-state index in [9.17, 15) is 4.79 Å². The Morgan fingerprint density at radius 3 is 2.26 bits per heavy atom. The van der Waals surface area contributed by atoms with Crippen molar-refractivity contribution in [1.29, 1.82) is 0 Å². The van der Waals surface area contributed by atoms with Gasteiger partial charge in [0.05, 0.1) is 38.9 Å². The van der Waals surface area contributed by atoms with Gasteiger partial charge in [-0.15, -0.1) is 0 Å². The zero-order valence-electron chi connectivity index (χ0n) is 17.1. The van der Waals surface area contributed by atoms with Crippen LogP contribution in [0.5, 0.6) is 0 Å². The Kier molecular flexibility index (Phi) is 5.80. The number of nitrogens with zero attached hydrogens (tertiary/aromatic N) is 4. The van der Waals surface area contributed by atoms with Crippen molar-refractivity contribution in [3.05, 3.63) is 69.5 Å². The highest BCUT2D eigenvalue weighted by atomic mass is 35.5. The molecule has 2 heterocycles. The molecule has 2 aromatic heterocycles. The molecule has 7 nitrogen and oxygen atoms in total. The summed E-state index contributed by atoms with van der Waals surface area (Å²) in [6.45, 7) is 5.95. The van der Waals surface area contributed by atoms with Crippen LogP contribution in [0, 0.1) is 13.8 Å². The van der Waals surface area contributed by atoms with Crippen LogP contribution >= 0.6 is 23.2 Å². The minimum absolute atomic E-state index is 0.323. The van der Waals surface area contributed by atoms with Gasteiger partial charge in [-0.05, 0) is 63.2 Å². The van der Waals surface area contributed by atoms with Crippen molar-refractivity contribution in [3.8, 4) is 5.82 Å². The highest BCUT2D eigenvalue weighted by Crippen LogP contribution is 2.30. The second-order valence-corrected chi connectivity index (χ2v) is 7.73. The molecule has 4 rings (SSSR count). The van der Waals surface area contributed by atoms with Crippen LogP contribution < -0.4 is 5.32 Å². The summed E-state index contributed by atoms with van der Waals surface area (Å²) in [4.78, 5) is 21.4. The first-order chi connectivity index (χ1) is 14.9. The summed E-state index contributed by atoms with van der Waals surface area (Å²) in [5, 5.41) is 8.61. The number of aryl methyl sites for hydroxylation is 2. The number of fused-ring (bicyclic) bond motifs is 1. The number of aromatic nitrogens is 4. The molecule has 31 heavy (non-hydrogen) atoms. The van der Waals surface area contributed by atoms with Crippen LogP contribution in [0.25, 0.3) is 16.9 Å². The average molecular weight is 456 g/mol. The van der Waals surface area contributed by atoms with Gasteiger partial charge in [-0.2, -0.15) is 5.10 Å². The van der Waals surface area contributed by atoms with Gasteiger partial charge in [-0.3, -0.25) is 0 Å². The third-order valence-electron chi connectivity index (χ3n) is 4.56. The van der Waals surface area contributed by atoms with E-state index in [0.29, 0.717) is 44.9 Å². The smallest absolute Gasteiger partial charge is 0.338 e. The Balaban J connectivity index is 1.79. The van der Waals surface area contributed by atoms with Gasteiger partial charge in [-0.25, -0.2) is 19.4 Å². The van der Waals surface area contributed by atoms with Gasteiger partial charge in [0.1, 0.15) is 0 Å². The molecule has 0 saturated heterocycles. The summed E-state index contributed by atoms with van der Waals surface area (Å²) in [5.41, 5.74) is 4.15. The predicted octanol–water partition coefficient (Wildman–Crippen LogP) is 5.66. The maximum atomic E-state index is 11.9. The van der Waals surface area contributed by atoms with E-state index >= 15 is 0 Å². The Bertz CT molecular complexity index is 1290. The number of carbonyl (C=O) groups is 1. The minimum Gasteiger partial charge on any atom is -0.462 e. The molecular formula is C22H19Cl2N5O2. The third kappa shape index (κ3) is 4.33. The van der Waals surface area contributed by atoms with Crippen LogP contribution in [0.15, 0.2) is 42.5 Å². The van der Waals surface area contributed by atoms with Crippen LogP contribution in [0.3, 0.4) is 0 Å². The Morgan fingerprint density at radius 2 is 1.68 bits per heavy atom. The van der Waals surface area contributed by atoms with Gasteiger partial charge < -0.3 is 10.1 Å². The van der Waals surface area contributed by atoms with Crippen molar-refractivity contribution in [1.82, 2.24) is 19.7 Å². The van der Waals surface area contributed by atoms with E-state index in [1.54, 1.807) is 48.0 Å². The molecule has 0 bridgehead atoms. The standard InChI is InChI=1S/C22H19Cl2N5O2/c1-4-31-22(30)14-5-7-15(8-6-14)25-20-21(29-13(3)9-12(2)28-29)27-19-11-17(24)16(23)10-18(19)26-20/h5-11H,4H2,1-3H3,(H,25,26). The fraction of sp³-hybridized carbons (Fsp3) is 0.182. The van der Waals surface area contributed by atoms with Crippen molar-refractivity contribution in [2.45, 2.75) is 20.8 Å². The van der Waals surface area contributed by atoms with Crippen molar-refractivity contribution < 1.29 is 9.53 Å². The normalized spacial score (nSPS) is 11.0. The van der Waals surface area contributed by atoms with Crippen LogP contribution in [-0.4, -0.2) is 32.3 Å². The molecule has 0 unspecified atom stereocenters. The van der Waals surface area contributed by atoms with Crippen molar-refractivity contribution in [2.24, 2.45) is 0 Å². The monoisotopic (exact) mass is 455 g/mol. The number of carbonyl (C=O) groups excluding carboxylic acids is 1. The summed E-state index contributed by atoms with van der Waals surface area (Å²) in [7, 11) is 0. The van der Waals surface area contributed by atoms with Gasteiger partial charge in [0.15, 0.2) is 11.6 Å². The molecule has 4 aromatic rings. The number of hydrogen-bond donors (Lipinski definition) is 1. The summed E-state index contributed by atoms with van der Waals surface area (Å²) >= 11 is 12.4. The summed E-state index contributed by atoms with van der Waals surface area (Å²) < 4.78 is 6.75. The molecule has 2 aromatic carbocycles. The number of nitrogens with one attached hydrogen (secondary N) is 1. The van der Waals surface area contributed by atoms with Gasteiger partial charge in [0.25, 0.3) is 0 Å². The lowest BCUT2D eigenvalue weighted by atomic mass is 10.2. The minimum atomic E-state index is -0.366. The number of anilines is 2. The zero-order chi connectivity index (χ0) is 22.1. The van der Waals surface area contributed by atoms with E-state index in [1.807, 2.05) is 19.9 Å². The largest absolute Gasteiger partial charge is 0.462 e. The first-order valence-corrected chi connectivity index (χ1v) is 10.4. The first kappa shape index (κ1) is 21.1. The molecule has 1 N–H and O–H groups in total. The average Bonchev–Trinajstić information content (AvgIpc) is 3.07. The zero-order valence-corrected chi connectivity index (χ0v) is 18.6.